The summed E-state index contributed by atoms with van der Waals surface area (Å²) in [5, 5.41) is 0. The number of ether oxygens (including phenoxy) is 1. The molecule has 0 spiro atoms. The van der Waals surface area contributed by atoms with Crippen LogP contribution in [0, 0.1) is 0 Å². The third-order valence-corrected chi connectivity index (χ3v) is 0.759. The molecular formula is C6H12O2Ti. The van der Waals surface area contributed by atoms with E-state index >= 15 is 0 Å². The number of hydrogen-bond donors (Lipinski definition) is 0. The Hall–Kier alpha value is 0.184. The summed E-state index contributed by atoms with van der Waals surface area (Å²) in [4.78, 5) is 10.4. The first-order valence-corrected chi connectivity index (χ1v) is 2.96. The molecule has 3 heteroatoms. The summed E-state index contributed by atoms with van der Waals surface area (Å²) in [6.45, 7) is 4.27. The molecule has 0 bridgehead atoms. The second kappa shape index (κ2) is 8.18. The number of carbonyl (C=O) groups excluding carboxylic acids is 1. The quantitative estimate of drug-likeness (QED) is 0.464. The van der Waals surface area contributed by atoms with Crippen LogP contribution in [0.4, 0.5) is 0 Å². The SMILES string of the molecule is CCCC(=O)OCC.[Ti]. The summed E-state index contributed by atoms with van der Waals surface area (Å²) >= 11 is 0. The molecule has 0 saturated heterocycles. The van der Waals surface area contributed by atoms with Crippen molar-refractivity contribution in [2.24, 2.45) is 0 Å². The Balaban J connectivity index is 0. The Morgan fingerprint density at radius 1 is 1.44 bits per heavy atom. The van der Waals surface area contributed by atoms with Gasteiger partial charge in [0.15, 0.2) is 0 Å². The van der Waals surface area contributed by atoms with E-state index in [4.69, 9.17) is 0 Å². The first-order valence-electron chi connectivity index (χ1n) is 2.96. The topological polar surface area (TPSA) is 26.3 Å². The van der Waals surface area contributed by atoms with Crippen molar-refractivity contribution in [2.45, 2.75) is 26.7 Å². The van der Waals surface area contributed by atoms with Crippen LogP contribution in [0.3, 0.4) is 0 Å². The molecule has 52 valence electrons. The number of hydrogen-bond acceptors (Lipinski definition) is 2. The van der Waals surface area contributed by atoms with Crippen LogP contribution in [0.1, 0.15) is 26.7 Å². The van der Waals surface area contributed by atoms with Gasteiger partial charge < -0.3 is 4.74 Å². The van der Waals surface area contributed by atoms with Crippen LogP contribution in [0.5, 0.6) is 0 Å². The third kappa shape index (κ3) is 8.18. The predicted molar refractivity (Wildman–Crippen MR) is 31.5 cm³/mol. The normalized spacial score (nSPS) is 7.78. The summed E-state index contributed by atoms with van der Waals surface area (Å²) in [5.41, 5.74) is 0. The van der Waals surface area contributed by atoms with Crippen molar-refractivity contribution < 1.29 is 31.2 Å². The van der Waals surface area contributed by atoms with Gasteiger partial charge in [0.05, 0.1) is 6.61 Å². The Labute approximate surface area is 70.8 Å². The molecule has 0 rings (SSSR count). The monoisotopic (exact) mass is 164 g/mol. The van der Waals surface area contributed by atoms with Gasteiger partial charge in [-0.2, -0.15) is 0 Å². The van der Waals surface area contributed by atoms with E-state index in [1.165, 1.54) is 0 Å². The molecule has 0 heterocycles. The van der Waals surface area contributed by atoms with Crippen LogP contribution in [-0.4, -0.2) is 12.6 Å². The Morgan fingerprint density at radius 3 is 2.33 bits per heavy atom. The molecule has 0 unspecified atom stereocenters. The molecule has 0 amide bonds. The van der Waals surface area contributed by atoms with Gasteiger partial charge in [0.2, 0.25) is 0 Å². The van der Waals surface area contributed by atoms with Gasteiger partial charge in [-0.05, 0) is 13.3 Å². The molecular weight excluding hydrogens is 152 g/mol. The van der Waals surface area contributed by atoms with Gasteiger partial charge in [0.1, 0.15) is 0 Å². The molecule has 0 radical (unpaired) electrons. The first kappa shape index (κ1) is 11.9. The van der Waals surface area contributed by atoms with Crippen molar-refractivity contribution in [3.63, 3.8) is 0 Å². The zero-order chi connectivity index (χ0) is 6.41. The fraction of sp³-hybridized carbons (Fsp3) is 0.833. The molecule has 0 fully saturated rings. The van der Waals surface area contributed by atoms with Crippen molar-refractivity contribution >= 4 is 5.97 Å². The van der Waals surface area contributed by atoms with Gasteiger partial charge in [0.25, 0.3) is 0 Å². The van der Waals surface area contributed by atoms with Gasteiger partial charge >= 0.3 is 5.97 Å². The number of carbonyl (C=O) groups is 1. The maximum absolute atomic E-state index is 10.4. The van der Waals surface area contributed by atoms with Gasteiger partial charge in [-0.25, -0.2) is 0 Å². The fourth-order valence-electron chi connectivity index (χ4n) is 0.437. The van der Waals surface area contributed by atoms with E-state index in [0.29, 0.717) is 13.0 Å². The average molecular weight is 164 g/mol. The van der Waals surface area contributed by atoms with E-state index in [2.05, 4.69) is 4.74 Å². The van der Waals surface area contributed by atoms with Crippen molar-refractivity contribution in [1.82, 2.24) is 0 Å². The van der Waals surface area contributed by atoms with Gasteiger partial charge in [-0.1, -0.05) is 6.92 Å². The summed E-state index contributed by atoms with van der Waals surface area (Å²) in [6, 6.07) is 0. The van der Waals surface area contributed by atoms with Crippen molar-refractivity contribution in [3.05, 3.63) is 0 Å². The fourth-order valence-corrected chi connectivity index (χ4v) is 0.437. The van der Waals surface area contributed by atoms with Crippen molar-refractivity contribution in [3.8, 4) is 0 Å². The zero-order valence-corrected chi connectivity index (χ0v) is 7.50. The molecule has 0 aromatic rings. The van der Waals surface area contributed by atoms with Crippen LogP contribution in [0.15, 0.2) is 0 Å². The standard InChI is InChI=1S/C6H12O2.Ti/c1-3-5-6(7)8-4-2;/h3-5H2,1-2H3;. The Bertz CT molecular complexity index is 65.5. The minimum Gasteiger partial charge on any atom is -0.466 e. The third-order valence-electron chi connectivity index (χ3n) is 0.759. The van der Waals surface area contributed by atoms with Crippen LogP contribution >= 0.6 is 0 Å². The molecule has 0 aromatic heterocycles. The summed E-state index contributed by atoms with van der Waals surface area (Å²) in [5.74, 6) is -0.0880. The predicted octanol–water partition coefficient (Wildman–Crippen LogP) is 1.35. The second-order valence-electron chi connectivity index (χ2n) is 1.56. The van der Waals surface area contributed by atoms with E-state index < -0.39 is 0 Å². The Morgan fingerprint density at radius 2 is 2.00 bits per heavy atom. The summed E-state index contributed by atoms with van der Waals surface area (Å²) in [7, 11) is 0. The van der Waals surface area contributed by atoms with Crippen LogP contribution in [0.2, 0.25) is 0 Å². The first-order chi connectivity index (χ1) is 3.81. The molecule has 0 N–H and O–H groups in total. The minimum atomic E-state index is -0.0880. The number of esters is 1. The molecule has 0 aromatic carbocycles. The molecule has 0 aliphatic heterocycles. The van der Waals surface area contributed by atoms with Crippen LogP contribution in [0.25, 0.3) is 0 Å². The molecule has 0 aliphatic rings. The van der Waals surface area contributed by atoms with Gasteiger partial charge in [-0.15, -0.1) is 0 Å². The maximum Gasteiger partial charge on any atom is 0.305 e. The van der Waals surface area contributed by atoms with Gasteiger partial charge in [-0.3, -0.25) is 4.79 Å². The van der Waals surface area contributed by atoms with E-state index in [1.54, 1.807) is 0 Å². The van der Waals surface area contributed by atoms with Crippen LogP contribution in [-0.2, 0) is 31.2 Å². The zero-order valence-electron chi connectivity index (χ0n) is 5.94. The van der Waals surface area contributed by atoms with Gasteiger partial charge in [0, 0.05) is 28.1 Å². The minimum absolute atomic E-state index is 0. The molecule has 2 nitrogen and oxygen atoms in total. The Kier molecular flexibility index (Phi) is 10.8. The molecule has 0 saturated carbocycles. The summed E-state index contributed by atoms with van der Waals surface area (Å²) < 4.78 is 4.64. The average Bonchev–Trinajstić information content (AvgIpc) is 1.68. The smallest absolute Gasteiger partial charge is 0.305 e. The van der Waals surface area contributed by atoms with Crippen LogP contribution < -0.4 is 0 Å². The van der Waals surface area contributed by atoms with E-state index in [0.717, 1.165) is 6.42 Å². The van der Waals surface area contributed by atoms with E-state index in [-0.39, 0.29) is 27.7 Å². The van der Waals surface area contributed by atoms with Crippen molar-refractivity contribution in [1.29, 1.82) is 0 Å². The molecule has 0 atom stereocenters. The summed E-state index contributed by atoms with van der Waals surface area (Å²) in [6.07, 6.45) is 1.42. The molecule has 0 aliphatic carbocycles. The number of rotatable bonds is 3. The second-order valence-corrected chi connectivity index (χ2v) is 1.56. The van der Waals surface area contributed by atoms with Crippen molar-refractivity contribution in [2.75, 3.05) is 6.61 Å². The molecule has 9 heavy (non-hydrogen) atoms. The van der Waals surface area contributed by atoms with E-state index in [1.807, 2.05) is 13.8 Å². The van der Waals surface area contributed by atoms with E-state index in [9.17, 15) is 4.79 Å². The maximum atomic E-state index is 10.4. The largest absolute Gasteiger partial charge is 0.466 e.